The summed E-state index contributed by atoms with van der Waals surface area (Å²) in [6.45, 7) is 3.28. The molecule has 0 aromatic heterocycles. The van der Waals surface area contributed by atoms with Crippen LogP contribution in [0.1, 0.15) is 187 Å². The number of esters is 2. The largest absolute Gasteiger partial charge is 0.472 e. The lowest BCUT2D eigenvalue weighted by molar-refractivity contribution is -0.220. The Morgan fingerprint density at radius 3 is 1.35 bits per heavy atom. The average molecular weight is 840 g/mol. The third-order valence-electron chi connectivity index (χ3n) is 10.4. The van der Waals surface area contributed by atoms with E-state index >= 15 is 0 Å². The first-order valence-corrected chi connectivity index (χ1v) is 23.5. The highest BCUT2D eigenvalue weighted by atomic mass is 31.2. The van der Waals surface area contributed by atoms with Crippen LogP contribution in [0.15, 0.2) is 12.2 Å². The Hall–Kier alpha value is -1.45. The number of aliphatic hydroxyl groups excluding tert-OH is 5. The van der Waals surface area contributed by atoms with E-state index in [0.717, 1.165) is 57.8 Å². The average Bonchev–Trinajstić information content (AvgIpc) is 3.18. The van der Waals surface area contributed by atoms with Crippen molar-refractivity contribution in [3.8, 4) is 0 Å². The van der Waals surface area contributed by atoms with Crippen LogP contribution >= 0.6 is 7.82 Å². The summed E-state index contributed by atoms with van der Waals surface area (Å²) >= 11 is 0. The summed E-state index contributed by atoms with van der Waals surface area (Å²) in [6, 6.07) is 0. The fourth-order valence-electron chi connectivity index (χ4n) is 6.75. The predicted molar refractivity (Wildman–Crippen MR) is 222 cm³/mol. The topological polar surface area (TPSA) is 245 Å². The van der Waals surface area contributed by atoms with Gasteiger partial charge < -0.3 is 46.1 Å². The van der Waals surface area contributed by atoms with Gasteiger partial charge in [0.1, 0.15) is 43.2 Å². The molecule has 0 aromatic rings. The molecule has 0 aromatic carbocycles. The Balaban J connectivity index is 0.0000314. The quantitative estimate of drug-likeness (QED) is 0.0137. The molecule has 3 unspecified atom stereocenters. The minimum atomic E-state index is -5.11. The van der Waals surface area contributed by atoms with E-state index in [1.54, 1.807) is 0 Å². The smallest absolute Gasteiger partial charge is 0.462 e. The molecule has 9 N–H and O–H groups in total. The lowest BCUT2D eigenvalue weighted by Gasteiger charge is -2.41. The molecule has 1 saturated carbocycles. The summed E-state index contributed by atoms with van der Waals surface area (Å²) in [5.41, 5.74) is 0. The van der Waals surface area contributed by atoms with E-state index in [9.17, 15) is 44.6 Å². The molecule has 0 heterocycles. The first-order chi connectivity index (χ1) is 26.9. The van der Waals surface area contributed by atoms with E-state index in [1.165, 1.54) is 89.9 Å². The Labute approximate surface area is 343 Å². The number of phosphoric acid groups is 1. The highest BCUT2D eigenvalue weighted by Crippen LogP contribution is 2.47. The SMILES string of the molecule is CCCCCCCC/C=C/CCCCCCCC(=O)O[C@H](COC(=O)CCCCCCCCCCCCCC)COP(=O)(O)OC1[C@H](O)[C@H](O)C(O)[C@H](O)[C@H]1O.N. The molecule has 8 atom stereocenters. The second-order valence-corrected chi connectivity index (χ2v) is 17.0. The van der Waals surface area contributed by atoms with Gasteiger partial charge in [0, 0.05) is 12.8 Å². The van der Waals surface area contributed by atoms with Crippen LogP contribution in [0.3, 0.4) is 0 Å². The molecule has 1 aliphatic rings. The summed E-state index contributed by atoms with van der Waals surface area (Å²) in [5.74, 6) is -1.10. The van der Waals surface area contributed by atoms with E-state index in [1.807, 2.05) is 0 Å². The molecule has 0 saturated heterocycles. The third-order valence-corrected chi connectivity index (χ3v) is 11.3. The van der Waals surface area contributed by atoms with Crippen molar-refractivity contribution in [2.45, 2.75) is 230 Å². The minimum absolute atomic E-state index is 0. The molecule has 338 valence electrons. The van der Waals surface area contributed by atoms with Crippen LogP contribution in [0.25, 0.3) is 0 Å². The standard InChI is InChI=1S/C42H79O13P.H3N/c1-3-5-7-9-11-13-15-17-18-19-21-23-25-27-29-31-36(44)54-34(32-52-35(43)30-28-26-24-22-20-16-14-12-10-8-6-4-2)33-53-56(50,51)55-42-40(48)38(46)37(45)39(47)41(42)49;/h17-18,34,37-42,45-49H,3-16,19-33H2,1-2H3,(H,50,51);1H3/b18-17+;/t34-,37?,38-,39+,40-,41-,42?;/m1./s1. The van der Waals surface area contributed by atoms with Gasteiger partial charge in [0.15, 0.2) is 6.10 Å². The normalized spacial score (nSPS) is 22.5. The fraction of sp³-hybridized carbons (Fsp3) is 0.905. The molecule has 57 heavy (non-hydrogen) atoms. The maximum Gasteiger partial charge on any atom is 0.472 e. The van der Waals surface area contributed by atoms with Crippen LogP contribution in [-0.4, -0.2) is 98.3 Å². The Bertz CT molecular complexity index is 1050. The Kier molecular flexibility index (Phi) is 34.4. The highest BCUT2D eigenvalue weighted by molar-refractivity contribution is 7.47. The monoisotopic (exact) mass is 840 g/mol. The predicted octanol–water partition coefficient (Wildman–Crippen LogP) is 8.05. The molecule has 0 aliphatic heterocycles. The van der Waals surface area contributed by atoms with E-state index in [0.29, 0.717) is 12.8 Å². The van der Waals surface area contributed by atoms with Gasteiger partial charge in [-0.05, 0) is 38.5 Å². The second-order valence-electron chi connectivity index (χ2n) is 15.6. The number of aliphatic hydroxyl groups is 5. The van der Waals surface area contributed by atoms with Crippen molar-refractivity contribution in [3.63, 3.8) is 0 Å². The fourth-order valence-corrected chi connectivity index (χ4v) is 7.73. The molecule has 14 nitrogen and oxygen atoms in total. The van der Waals surface area contributed by atoms with Crippen LogP contribution < -0.4 is 6.15 Å². The van der Waals surface area contributed by atoms with Gasteiger partial charge in [-0.1, -0.05) is 148 Å². The van der Waals surface area contributed by atoms with E-state index in [4.69, 9.17) is 18.5 Å². The zero-order valence-electron chi connectivity index (χ0n) is 35.4. The van der Waals surface area contributed by atoms with Crippen LogP contribution in [0.2, 0.25) is 0 Å². The van der Waals surface area contributed by atoms with Crippen molar-refractivity contribution in [2.75, 3.05) is 13.2 Å². The van der Waals surface area contributed by atoms with E-state index < -0.39 is 75.7 Å². The summed E-state index contributed by atoms with van der Waals surface area (Å²) in [5, 5.41) is 50.0. The summed E-state index contributed by atoms with van der Waals surface area (Å²) in [4.78, 5) is 35.6. The second kappa shape index (κ2) is 35.3. The van der Waals surface area contributed by atoms with Gasteiger partial charge in [-0.25, -0.2) is 4.57 Å². The van der Waals surface area contributed by atoms with Crippen LogP contribution in [0.4, 0.5) is 0 Å². The van der Waals surface area contributed by atoms with Gasteiger partial charge in [0.25, 0.3) is 0 Å². The molecule has 15 heteroatoms. The lowest BCUT2D eigenvalue weighted by Crippen LogP contribution is -2.64. The number of phosphoric ester groups is 1. The van der Waals surface area contributed by atoms with Gasteiger partial charge in [0.05, 0.1) is 6.61 Å². The first kappa shape index (κ1) is 55.5. The molecule has 1 aliphatic carbocycles. The van der Waals surface area contributed by atoms with E-state index in [2.05, 4.69) is 26.0 Å². The van der Waals surface area contributed by atoms with Crippen LogP contribution in [-0.2, 0) is 32.7 Å². The summed E-state index contributed by atoms with van der Waals surface area (Å²) in [6.07, 6.45) is 19.9. The zero-order chi connectivity index (χ0) is 41.4. The highest BCUT2D eigenvalue weighted by Gasteiger charge is 2.51. The Morgan fingerprint density at radius 1 is 0.544 bits per heavy atom. The maximum atomic E-state index is 12.8. The number of ether oxygens (including phenoxy) is 2. The third kappa shape index (κ3) is 27.8. The number of rotatable bonds is 36. The molecule has 0 amide bonds. The van der Waals surface area contributed by atoms with E-state index in [-0.39, 0.29) is 19.0 Å². The van der Waals surface area contributed by atoms with Gasteiger partial charge >= 0.3 is 19.8 Å². The summed E-state index contributed by atoms with van der Waals surface area (Å²) < 4.78 is 33.4. The van der Waals surface area contributed by atoms with Crippen molar-refractivity contribution in [3.05, 3.63) is 12.2 Å². The Morgan fingerprint density at radius 2 is 0.912 bits per heavy atom. The number of hydrogen-bond acceptors (Lipinski definition) is 13. The number of carbonyl (C=O) groups excluding carboxylic acids is 2. The lowest BCUT2D eigenvalue weighted by atomic mass is 9.85. The van der Waals surface area contributed by atoms with Gasteiger partial charge in [-0.3, -0.25) is 18.6 Å². The van der Waals surface area contributed by atoms with Crippen molar-refractivity contribution < 1.29 is 63.1 Å². The first-order valence-electron chi connectivity index (χ1n) is 22.0. The molecular formula is C42H82NO13P. The number of unbranched alkanes of at least 4 members (excludes halogenated alkanes) is 22. The molecular weight excluding hydrogens is 757 g/mol. The number of hydrogen-bond donors (Lipinski definition) is 7. The van der Waals surface area contributed by atoms with Crippen molar-refractivity contribution >= 4 is 19.8 Å². The molecule has 0 radical (unpaired) electrons. The van der Waals surface area contributed by atoms with Crippen molar-refractivity contribution in [2.24, 2.45) is 0 Å². The van der Waals surface area contributed by atoms with Gasteiger partial charge in [-0.2, -0.15) is 0 Å². The number of carbonyl (C=O) groups is 2. The maximum absolute atomic E-state index is 12.8. The molecule has 0 spiro atoms. The number of allylic oxidation sites excluding steroid dienone is 2. The van der Waals surface area contributed by atoms with Gasteiger partial charge in [-0.15, -0.1) is 0 Å². The summed E-state index contributed by atoms with van der Waals surface area (Å²) in [7, 11) is -5.11. The van der Waals surface area contributed by atoms with Gasteiger partial charge in [0.2, 0.25) is 0 Å². The molecule has 0 bridgehead atoms. The van der Waals surface area contributed by atoms with Crippen LogP contribution in [0.5, 0.6) is 0 Å². The van der Waals surface area contributed by atoms with Crippen molar-refractivity contribution in [1.82, 2.24) is 6.15 Å². The zero-order valence-corrected chi connectivity index (χ0v) is 36.3. The molecule has 1 fully saturated rings. The van der Waals surface area contributed by atoms with Crippen LogP contribution in [0, 0.1) is 0 Å². The minimum Gasteiger partial charge on any atom is -0.462 e. The molecule has 1 rings (SSSR count). The van der Waals surface area contributed by atoms with Crippen molar-refractivity contribution in [1.29, 1.82) is 0 Å².